The summed E-state index contributed by atoms with van der Waals surface area (Å²) in [7, 11) is 1.57. The fraction of sp³-hybridized carbons (Fsp3) is 0.375. The third-order valence-corrected chi connectivity index (χ3v) is 4.20. The van der Waals surface area contributed by atoms with Crippen molar-refractivity contribution in [2.45, 2.75) is 33.3 Å². The number of hydrogen-bond donors (Lipinski definition) is 1. The number of ether oxygens (including phenoxy) is 1. The minimum Gasteiger partial charge on any atom is -0.377 e. The van der Waals surface area contributed by atoms with Gasteiger partial charge >= 0.3 is 0 Å². The van der Waals surface area contributed by atoms with Crippen molar-refractivity contribution >= 4 is 28.2 Å². The summed E-state index contributed by atoms with van der Waals surface area (Å²) in [4.78, 5) is 24.0. The highest BCUT2D eigenvalue weighted by Gasteiger charge is 2.12. The van der Waals surface area contributed by atoms with Gasteiger partial charge in [0.25, 0.3) is 0 Å². The van der Waals surface area contributed by atoms with Gasteiger partial charge in [-0.2, -0.15) is 0 Å². The van der Waals surface area contributed by atoms with E-state index in [0.717, 1.165) is 11.1 Å². The first-order valence-electron chi connectivity index (χ1n) is 7.21. The van der Waals surface area contributed by atoms with Crippen LogP contribution in [-0.4, -0.2) is 29.0 Å². The van der Waals surface area contributed by atoms with E-state index in [1.165, 1.54) is 11.3 Å². The molecule has 1 amide bonds. The van der Waals surface area contributed by atoms with Gasteiger partial charge < -0.3 is 10.1 Å². The van der Waals surface area contributed by atoms with Crippen molar-refractivity contribution in [3.63, 3.8) is 0 Å². The molecule has 0 aliphatic carbocycles. The van der Waals surface area contributed by atoms with Crippen molar-refractivity contribution in [3.05, 3.63) is 39.9 Å². The van der Waals surface area contributed by atoms with Gasteiger partial charge in [0.2, 0.25) is 11.0 Å². The summed E-state index contributed by atoms with van der Waals surface area (Å²) in [5.74, 6) is -0.289. The molecule has 0 saturated carbocycles. The predicted molar refractivity (Wildman–Crippen MR) is 88.7 cm³/mol. The van der Waals surface area contributed by atoms with Gasteiger partial charge in [-0.25, -0.2) is 0 Å². The Morgan fingerprint density at radius 2 is 1.96 bits per heavy atom. The largest absolute Gasteiger partial charge is 0.377 e. The molecule has 0 aliphatic heterocycles. The van der Waals surface area contributed by atoms with E-state index in [-0.39, 0.29) is 24.5 Å². The molecule has 2 rings (SSSR count). The lowest BCUT2D eigenvalue weighted by molar-refractivity contribution is -0.116. The first-order valence-corrected chi connectivity index (χ1v) is 8.03. The molecule has 0 fully saturated rings. The first kappa shape index (κ1) is 17.2. The Hall–Kier alpha value is -2.12. The zero-order valence-corrected chi connectivity index (χ0v) is 14.2. The molecule has 0 aliphatic rings. The second-order valence-electron chi connectivity index (χ2n) is 5.20. The third kappa shape index (κ3) is 4.94. The van der Waals surface area contributed by atoms with Gasteiger partial charge in [-0.1, -0.05) is 23.5 Å². The minimum atomic E-state index is -0.248. The van der Waals surface area contributed by atoms with Gasteiger partial charge in [-0.15, -0.1) is 10.2 Å². The van der Waals surface area contributed by atoms with Crippen LogP contribution in [0.15, 0.2) is 18.2 Å². The summed E-state index contributed by atoms with van der Waals surface area (Å²) in [6, 6.07) is 5.57. The summed E-state index contributed by atoms with van der Waals surface area (Å²) in [5.41, 5.74) is 2.85. The molecule has 0 spiro atoms. The van der Waals surface area contributed by atoms with Gasteiger partial charge in [0, 0.05) is 25.5 Å². The second-order valence-corrected chi connectivity index (χ2v) is 6.27. The van der Waals surface area contributed by atoms with Crippen LogP contribution in [-0.2, 0) is 16.1 Å². The lowest BCUT2D eigenvalue weighted by atomic mass is 10.0. The van der Waals surface area contributed by atoms with E-state index in [1.54, 1.807) is 13.2 Å². The number of aryl methyl sites for hydroxylation is 2. The van der Waals surface area contributed by atoms with Crippen LogP contribution in [0.5, 0.6) is 0 Å². The second kappa shape index (κ2) is 7.94. The van der Waals surface area contributed by atoms with Crippen LogP contribution in [0.3, 0.4) is 0 Å². The molecule has 1 N–H and O–H groups in total. The number of rotatable bonds is 7. The number of methoxy groups -OCH3 is 1. The van der Waals surface area contributed by atoms with Gasteiger partial charge in [0.1, 0.15) is 11.6 Å². The van der Waals surface area contributed by atoms with E-state index in [1.807, 2.05) is 26.0 Å². The lowest BCUT2D eigenvalue weighted by Crippen LogP contribution is -2.13. The van der Waals surface area contributed by atoms with Crippen LogP contribution in [0, 0.1) is 13.8 Å². The number of nitrogens with zero attached hydrogens (tertiary/aromatic N) is 2. The topological polar surface area (TPSA) is 81.2 Å². The Bertz CT molecular complexity index is 712. The van der Waals surface area contributed by atoms with E-state index < -0.39 is 0 Å². The van der Waals surface area contributed by atoms with Crippen LogP contribution < -0.4 is 5.32 Å². The number of hydrogen-bond acceptors (Lipinski definition) is 6. The molecular weight excluding hydrogens is 314 g/mol. The van der Waals surface area contributed by atoms with E-state index in [4.69, 9.17) is 4.74 Å². The highest BCUT2D eigenvalue weighted by atomic mass is 32.1. The summed E-state index contributed by atoms with van der Waals surface area (Å²) >= 11 is 1.26. The maximum absolute atomic E-state index is 12.1. The summed E-state index contributed by atoms with van der Waals surface area (Å²) in [5, 5.41) is 11.5. The van der Waals surface area contributed by atoms with Crippen molar-refractivity contribution in [2.75, 3.05) is 12.4 Å². The number of amides is 1. The van der Waals surface area contributed by atoms with Gasteiger partial charge in [0.05, 0.1) is 0 Å². The average molecular weight is 333 g/mol. The number of Topliss-reactive ketones (excluding diaryl/α,β-unsaturated/α-hetero) is 1. The van der Waals surface area contributed by atoms with E-state index in [0.29, 0.717) is 22.3 Å². The fourth-order valence-corrected chi connectivity index (χ4v) is 2.68. The quantitative estimate of drug-likeness (QED) is 0.788. The Balaban J connectivity index is 1.85. The maximum atomic E-state index is 12.1. The average Bonchev–Trinajstić information content (AvgIpc) is 2.95. The summed E-state index contributed by atoms with van der Waals surface area (Å²) in [6.07, 6.45) is 0.281. The Morgan fingerprint density at radius 3 is 2.65 bits per heavy atom. The fourth-order valence-electron chi connectivity index (χ4n) is 1.95. The minimum absolute atomic E-state index is 0.0411. The first-order chi connectivity index (χ1) is 11.0. The number of benzene rings is 1. The highest BCUT2D eigenvalue weighted by molar-refractivity contribution is 7.15. The predicted octanol–water partition coefficient (Wildman–Crippen LogP) is 2.90. The number of ketones is 1. The zero-order chi connectivity index (χ0) is 16.8. The van der Waals surface area contributed by atoms with Crippen LogP contribution in [0.25, 0.3) is 0 Å². The Kier molecular flexibility index (Phi) is 5.95. The van der Waals surface area contributed by atoms with E-state index >= 15 is 0 Å². The number of carbonyl (C=O) groups is 2. The Morgan fingerprint density at radius 1 is 1.17 bits per heavy atom. The van der Waals surface area contributed by atoms with Gasteiger partial charge in [-0.3, -0.25) is 9.59 Å². The van der Waals surface area contributed by atoms with Gasteiger partial charge in [0.15, 0.2) is 5.78 Å². The highest BCUT2D eigenvalue weighted by Crippen LogP contribution is 2.17. The molecule has 2 aromatic rings. The molecule has 7 heteroatoms. The van der Waals surface area contributed by atoms with Gasteiger partial charge in [-0.05, 0) is 31.0 Å². The number of anilines is 1. The van der Waals surface area contributed by atoms with Crippen molar-refractivity contribution in [1.82, 2.24) is 10.2 Å². The van der Waals surface area contributed by atoms with Crippen LogP contribution >= 0.6 is 11.3 Å². The SMILES string of the molecule is COCc1nnc(NC(=O)CCC(=O)c2ccc(C)c(C)c2)s1. The standard InChI is InChI=1S/C16H19N3O3S/c1-10-4-5-12(8-11(10)2)13(20)6-7-14(21)17-16-19-18-15(23-16)9-22-3/h4-5,8H,6-7,9H2,1-3H3,(H,17,19,21). The third-order valence-electron chi connectivity index (χ3n) is 3.39. The number of carbonyl (C=O) groups excluding carboxylic acids is 2. The summed E-state index contributed by atoms with van der Waals surface area (Å²) in [6.45, 7) is 4.32. The molecule has 1 heterocycles. The van der Waals surface area contributed by atoms with Crippen molar-refractivity contribution in [3.8, 4) is 0 Å². The number of aromatic nitrogens is 2. The molecule has 0 radical (unpaired) electrons. The molecule has 0 atom stereocenters. The lowest BCUT2D eigenvalue weighted by Gasteiger charge is -2.04. The molecule has 0 unspecified atom stereocenters. The molecule has 1 aromatic heterocycles. The molecule has 6 nitrogen and oxygen atoms in total. The summed E-state index contributed by atoms with van der Waals surface area (Å²) < 4.78 is 4.94. The molecule has 23 heavy (non-hydrogen) atoms. The van der Waals surface area contributed by atoms with Crippen molar-refractivity contribution in [2.24, 2.45) is 0 Å². The maximum Gasteiger partial charge on any atom is 0.226 e. The molecule has 1 aromatic carbocycles. The van der Waals surface area contributed by atoms with Crippen LogP contribution in [0.1, 0.15) is 39.3 Å². The molecule has 0 bridgehead atoms. The van der Waals surface area contributed by atoms with Crippen LogP contribution in [0.2, 0.25) is 0 Å². The normalized spacial score (nSPS) is 10.6. The van der Waals surface area contributed by atoms with Crippen molar-refractivity contribution in [1.29, 1.82) is 0 Å². The molecule has 0 saturated heterocycles. The van der Waals surface area contributed by atoms with E-state index in [2.05, 4.69) is 15.5 Å². The van der Waals surface area contributed by atoms with Crippen LogP contribution in [0.4, 0.5) is 5.13 Å². The molecular formula is C16H19N3O3S. The molecule has 122 valence electrons. The number of nitrogens with one attached hydrogen (secondary N) is 1. The smallest absolute Gasteiger partial charge is 0.226 e. The van der Waals surface area contributed by atoms with E-state index in [9.17, 15) is 9.59 Å². The Labute approximate surface area is 138 Å². The monoisotopic (exact) mass is 333 g/mol. The van der Waals surface area contributed by atoms with Crippen molar-refractivity contribution < 1.29 is 14.3 Å². The zero-order valence-electron chi connectivity index (χ0n) is 13.4.